The Bertz CT molecular complexity index is 996. The standard InChI is InChI=1S/C21H24F3N5O/c1-25-20(27-12-19-28-17-5-3-4-6-18(17)29(19)2)26-11-15-7-9-16(10-8-15)13-30-14-21(22,23)24/h3-10H,11-14H2,1-2H3,(H2,25,26,27). The predicted octanol–water partition coefficient (Wildman–Crippen LogP) is 3.52. The van der Waals surface area contributed by atoms with Crippen molar-refractivity contribution in [2.75, 3.05) is 13.7 Å². The van der Waals surface area contributed by atoms with Crippen LogP contribution in [0.25, 0.3) is 11.0 Å². The third kappa shape index (κ3) is 5.96. The molecule has 3 rings (SSSR count). The van der Waals surface area contributed by atoms with Crippen LogP contribution < -0.4 is 10.6 Å². The maximum Gasteiger partial charge on any atom is 0.411 e. The SMILES string of the molecule is CN=C(NCc1ccc(COCC(F)(F)F)cc1)NCc1nc2ccccc2n1C. The summed E-state index contributed by atoms with van der Waals surface area (Å²) in [4.78, 5) is 8.84. The molecule has 0 aliphatic heterocycles. The van der Waals surface area contributed by atoms with E-state index in [0.717, 1.165) is 22.4 Å². The third-order valence-corrected chi connectivity index (χ3v) is 4.53. The van der Waals surface area contributed by atoms with Crippen LogP contribution in [0, 0.1) is 0 Å². The molecule has 0 fully saturated rings. The van der Waals surface area contributed by atoms with E-state index in [0.29, 0.717) is 24.6 Å². The summed E-state index contributed by atoms with van der Waals surface area (Å²) in [6, 6.07) is 15.1. The number of imidazole rings is 1. The minimum atomic E-state index is -4.31. The molecule has 2 N–H and O–H groups in total. The molecule has 6 nitrogen and oxygen atoms in total. The molecule has 30 heavy (non-hydrogen) atoms. The lowest BCUT2D eigenvalue weighted by Gasteiger charge is -2.12. The number of aliphatic imine (C=N–C) groups is 1. The molecule has 160 valence electrons. The van der Waals surface area contributed by atoms with Crippen molar-refractivity contribution in [3.63, 3.8) is 0 Å². The van der Waals surface area contributed by atoms with Gasteiger partial charge in [0.15, 0.2) is 5.96 Å². The fraction of sp³-hybridized carbons (Fsp3) is 0.333. The molecule has 0 atom stereocenters. The molecule has 2 aromatic carbocycles. The van der Waals surface area contributed by atoms with Crippen LogP contribution in [-0.2, 0) is 31.5 Å². The Morgan fingerprint density at radius 3 is 2.37 bits per heavy atom. The number of para-hydroxylation sites is 2. The van der Waals surface area contributed by atoms with Crippen molar-refractivity contribution < 1.29 is 17.9 Å². The molecule has 1 heterocycles. The number of rotatable bonds is 7. The fourth-order valence-electron chi connectivity index (χ4n) is 2.96. The summed E-state index contributed by atoms with van der Waals surface area (Å²) in [5.74, 6) is 1.52. The normalized spacial score (nSPS) is 12.4. The van der Waals surface area contributed by atoms with Crippen molar-refractivity contribution in [3.05, 3.63) is 65.5 Å². The highest BCUT2D eigenvalue weighted by molar-refractivity contribution is 5.80. The summed E-state index contributed by atoms with van der Waals surface area (Å²) in [5.41, 5.74) is 3.67. The number of fused-ring (bicyclic) bond motifs is 1. The quantitative estimate of drug-likeness (QED) is 0.454. The zero-order chi connectivity index (χ0) is 21.6. The first-order chi connectivity index (χ1) is 14.4. The van der Waals surface area contributed by atoms with Crippen molar-refractivity contribution >= 4 is 17.0 Å². The molecule has 0 bridgehead atoms. The Hall–Kier alpha value is -3.07. The Labute approximate surface area is 172 Å². The molecule has 9 heteroatoms. The smallest absolute Gasteiger partial charge is 0.367 e. The molecule has 0 saturated carbocycles. The van der Waals surface area contributed by atoms with Gasteiger partial charge in [0.2, 0.25) is 0 Å². The van der Waals surface area contributed by atoms with Gasteiger partial charge in [-0.15, -0.1) is 0 Å². The Morgan fingerprint density at radius 2 is 1.70 bits per heavy atom. The van der Waals surface area contributed by atoms with Gasteiger partial charge < -0.3 is 19.9 Å². The third-order valence-electron chi connectivity index (χ3n) is 4.53. The topological polar surface area (TPSA) is 63.5 Å². The van der Waals surface area contributed by atoms with Crippen molar-refractivity contribution in [1.82, 2.24) is 20.2 Å². The largest absolute Gasteiger partial charge is 0.411 e. The van der Waals surface area contributed by atoms with Gasteiger partial charge in [0.25, 0.3) is 0 Å². The molecule has 0 aliphatic carbocycles. The number of guanidine groups is 1. The average molecular weight is 419 g/mol. The Morgan fingerprint density at radius 1 is 1.03 bits per heavy atom. The predicted molar refractivity (Wildman–Crippen MR) is 110 cm³/mol. The number of ether oxygens (including phenoxy) is 1. The molecule has 0 spiro atoms. The number of nitrogens with zero attached hydrogens (tertiary/aromatic N) is 3. The van der Waals surface area contributed by atoms with E-state index in [2.05, 4.69) is 25.3 Å². The van der Waals surface area contributed by atoms with Crippen molar-refractivity contribution in [3.8, 4) is 0 Å². The molecule has 3 aromatic rings. The zero-order valence-electron chi connectivity index (χ0n) is 16.8. The summed E-state index contributed by atoms with van der Waals surface area (Å²) in [6.45, 7) is -0.287. The second kappa shape index (κ2) is 9.62. The summed E-state index contributed by atoms with van der Waals surface area (Å²) in [7, 11) is 3.66. The minimum Gasteiger partial charge on any atom is -0.367 e. The highest BCUT2D eigenvalue weighted by Gasteiger charge is 2.27. The van der Waals surface area contributed by atoms with Crippen molar-refractivity contribution in [2.24, 2.45) is 12.0 Å². The lowest BCUT2D eigenvalue weighted by atomic mass is 10.1. The van der Waals surface area contributed by atoms with E-state index in [1.54, 1.807) is 19.2 Å². The van der Waals surface area contributed by atoms with Crippen LogP contribution in [0.1, 0.15) is 17.0 Å². The van der Waals surface area contributed by atoms with Crippen LogP contribution in [0.3, 0.4) is 0 Å². The van der Waals surface area contributed by atoms with E-state index in [-0.39, 0.29) is 6.61 Å². The van der Waals surface area contributed by atoms with E-state index in [1.807, 2.05) is 48.0 Å². The molecule has 0 amide bonds. The summed E-state index contributed by atoms with van der Waals surface area (Å²) in [6.07, 6.45) is -4.31. The monoisotopic (exact) mass is 419 g/mol. The van der Waals surface area contributed by atoms with E-state index < -0.39 is 12.8 Å². The molecule has 0 aliphatic rings. The molecular formula is C21H24F3N5O. The Balaban J connectivity index is 1.48. The van der Waals surface area contributed by atoms with Crippen LogP contribution in [0.5, 0.6) is 0 Å². The second-order valence-corrected chi connectivity index (χ2v) is 6.78. The number of hydrogen-bond donors (Lipinski definition) is 2. The summed E-state index contributed by atoms with van der Waals surface area (Å²) >= 11 is 0. The molecule has 0 saturated heterocycles. The highest BCUT2D eigenvalue weighted by Crippen LogP contribution is 2.16. The number of benzene rings is 2. The highest BCUT2D eigenvalue weighted by atomic mass is 19.4. The zero-order valence-corrected chi connectivity index (χ0v) is 16.8. The van der Waals surface area contributed by atoms with Crippen LogP contribution in [-0.4, -0.2) is 35.3 Å². The van der Waals surface area contributed by atoms with Crippen molar-refractivity contribution in [1.29, 1.82) is 0 Å². The van der Waals surface area contributed by atoms with Gasteiger partial charge in [0.05, 0.1) is 24.2 Å². The summed E-state index contributed by atoms with van der Waals surface area (Å²) in [5, 5.41) is 6.45. The van der Waals surface area contributed by atoms with Gasteiger partial charge >= 0.3 is 6.18 Å². The number of nitrogens with one attached hydrogen (secondary N) is 2. The van der Waals surface area contributed by atoms with E-state index in [9.17, 15) is 13.2 Å². The van der Waals surface area contributed by atoms with Crippen LogP contribution in [0.2, 0.25) is 0 Å². The van der Waals surface area contributed by atoms with E-state index in [1.165, 1.54) is 0 Å². The first-order valence-electron chi connectivity index (χ1n) is 9.43. The van der Waals surface area contributed by atoms with Gasteiger partial charge in [0.1, 0.15) is 12.4 Å². The Kier molecular flexibility index (Phi) is 6.94. The van der Waals surface area contributed by atoms with Gasteiger partial charge in [-0.25, -0.2) is 4.98 Å². The van der Waals surface area contributed by atoms with Gasteiger partial charge in [-0.05, 0) is 23.3 Å². The second-order valence-electron chi connectivity index (χ2n) is 6.78. The molecular weight excluding hydrogens is 395 g/mol. The van der Waals surface area contributed by atoms with Gasteiger partial charge in [-0.3, -0.25) is 4.99 Å². The molecule has 0 radical (unpaired) electrons. The lowest BCUT2D eigenvalue weighted by molar-refractivity contribution is -0.176. The van der Waals surface area contributed by atoms with Gasteiger partial charge in [-0.1, -0.05) is 36.4 Å². The maximum atomic E-state index is 12.1. The van der Waals surface area contributed by atoms with Crippen LogP contribution in [0.15, 0.2) is 53.5 Å². The number of hydrogen-bond acceptors (Lipinski definition) is 3. The number of aryl methyl sites for hydroxylation is 1. The van der Waals surface area contributed by atoms with Crippen LogP contribution in [0.4, 0.5) is 13.2 Å². The van der Waals surface area contributed by atoms with Gasteiger partial charge in [-0.2, -0.15) is 13.2 Å². The van der Waals surface area contributed by atoms with E-state index >= 15 is 0 Å². The first-order valence-corrected chi connectivity index (χ1v) is 9.43. The van der Waals surface area contributed by atoms with Crippen LogP contribution >= 0.6 is 0 Å². The number of alkyl halides is 3. The lowest BCUT2D eigenvalue weighted by Crippen LogP contribution is -2.36. The maximum absolute atomic E-state index is 12.1. The van der Waals surface area contributed by atoms with Gasteiger partial charge in [0, 0.05) is 20.6 Å². The molecule has 0 unspecified atom stereocenters. The van der Waals surface area contributed by atoms with E-state index in [4.69, 9.17) is 0 Å². The van der Waals surface area contributed by atoms with Crippen molar-refractivity contribution in [2.45, 2.75) is 25.9 Å². The first kappa shape index (κ1) is 21.6. The molecule has 1 aromatic heterocycles. The number of aromatic nitrogens is 2. The summed E-state index contributed by atoms with van der Waals surface area (Å²) < 4.78 is 43.1. The number of halogens is 3. The minimum absolute atomic E-state index is 0.0749. The average Bonchev–Trinajstić information content (AvgIpc) is 3.04. The fourth-order valence-corrected chi connectivity index (χ4v) is 2.96.